The van der Waals surface area contributed by atoms with Crippen LogP contribution in [0.2, 0.25) is 0 Å². The first kappa shape index (κ1) is 21.3. The summed E-state index contributed by atoms with van der Waals surface area (Å²) in [4.78, 5) is 14.2. The van der Waals surface area contributed by atoms with Gasteiger partial charge in [-0.1, -0.05) is 26.0 Å². The molecule has 1 aliphatic heterocycles. The fraction of sp³-hybridized carbons (Fsp3) is 0.591. The Balaban J connectivity index is 1.71. The number of aryl methyl sites for hydroxylation is 1. The zero-order valence-corrected chi connectivity index (χ0v) is 18.2. The molecule has 0 radical (unpaired) electrons. The summed E-state index contributed by atoms with van der Waals surface area (Å²) in [6.45, 7) is 11.6. The average molecular weight is 400 g/mol. The Bertz CT molecular complexity index is 846. The SMILES string of the molecule is COc1ccc(CN2CCc3nnc([C@H](CC(C)C)NC(C)=O)n3CC2)cc1C. The number of carbonyl (C=O) groups is 1. The van der Waals surface area contributed by atoms with Gasteiger partial charge >= 0.3 is 0 Å². The lowest BCUT2D eigenvalue weighted by Gasteiger charge is -2.22. The first-order valence-electron chi connectivity index (χ1n) is 10.4. The Morgan fingerprint density at radius 2 is 2.03 bits per heavy atom. The van der Waals surface area contributed by atoms with Crippen LogP contribution in [0.4, 0.5) is 0 Å². The van der Waals surface area contributed by atoms with Crippen LogP contribution in [0.15, 0.2) is 18.2 Å². The maximum Gasteiger partial charge on any atom is 0.217 e. The number of amides is 1. The van der Waals surface area contributed by atoms with Gasteiger partial charge in [0, 0.05) is 39.5 Å². The highest BCUT2D eigenvalue weighted by Crippen LogP contribution is 2.23. The van der Waals surface area contributed by atoms with E-state index in [-0.39, 0.29) is 11.9 Å². The van der Waals surface area contributed by atoms with Crippen LogP contribution < -0.4 is 10.1 Å². The van der Waals surface area contributed by atoms with Gasteiger partial charge in [-0.25, -0.2) is 0 Å². The van der Waals surface area contributed by atoms with Gasteiger partial charge < -0.3 is 14.6 Å². The van der Waals surface area contributed by atoms with Crippen molar-refractivity contribution in [3.63, 3.8) is 0 Å². The minimum atomic E-state index is -0.0930. The number of benzene rings is 1. The van der Waals surface area contributed by atoms with Crippen molar-refractivity contribution in [3.8, 4) is 5.75 Å². The standard InChI is InChI=1S/C22H33N5O2/c1-15(2)12-19(23-17(4)28)22-25-24-21-8-9-26(10-11-27(21)22)14-18-6-7-20(29-5)16(3)13-18/h6-7,13,15,19H,8-12,14H2,1-5H3,(H,23,28)/t19-/m0/s1. The quantitative estimate of drug-likeness (QED) is 0.775. The highest BCUT2D eigenvalue weighted by Gasteiger charge is 2.25. The number of fused-ring (bicyclic) bond motifs is 1. The summed E-state index contributed by atoms with van der Waals surface area (Å²) < 4.78 is 7.58. The van der Waals surface area contributed by atoms with Gasteiger partial charge in [-0.3, -0.25) is 9.69 Å². The van der Waals surface area contributed by atoms with Crippen molar-refractivity contribution in [2.24, 2.45) is 5.92 Å². The maximum atomic E-state index is 11.7. The zero-order valence-electron chi connectivity index (χ0n) is 18.2. The summed E-state index contributed by atoms with van der Waals surface area (Å²) in [6.07, 6.45) is 1.71. The van der Waals surface area contributed by atoms with Gasteiger partial charge in [0.2, 0.25) is 5.91 Å². The van der Waals surface area contributed by atoms with E-state index in [9.17, 15) is 4.79 Å². The van der Waals surface area contributed by atoms with Crippen molar-refractivity contribution in [1.82, 2.24) is 25.0 Å². The molecular formula is C22H33N5O2. The Morgan fingerprint density at radius 1 is 1.24 bits per heavy atom. The van der Waals surface area contributed by atoms with E-state index >= 15 is 0 Å². The molecule has 158 valence electrons. The number of aromatic nitrogens is 3. The second-order valence-electron chi connectivity index (χ2n) is 8.34. The molecule has 7 heteroatoms. The number of ether oxygens (including phenoxy) is 1. The van der Waals surface area contributed by atoms with E-state index in [1.807, 2.05) is 6.07 Å². The third kappa shape index (κ3) is 5.35. The lowest BCUT2D eigenvalue weighted by Crippen LogP contribution is -2.31. The fourth-order valence-corrected chi connectivity index (χ4v) is 4.05. The molecule has 1 aromatic heterocycles. The number of nitrogens with zero attached hydrogens (tertiary/aromatic N) is 4. The first-order valence-corrected chi connectivity index (χ1v) is 10.4. The number of rotatable bonds is 7. The zero-order chi connectivity index (χ0) is 21.0. The molecule has 0 unspecified atom stereocenters. The molecule has 1 atom stereocenters. The van der Waals surface area contributed by atoms with Crippen LogP contribution in [-0.2, 0) is 24.3 Å². The maximum absolute atomic E-state index is 11.7. The second-order valence-corrected chi connectivity index (χ2v) is 8.34. The van der Waals surface area contributed by atoms with E-state index in [1.54, 1.807) is 14.0 Å². The number of hydrogen-bond donors (Lipinski definition) is 1. The molecule has 0 bridgehead atoms. The molecular weight excluding hydrogens is 366 g/mol. The molecule has 7 nitrogen and oxygen atoms in total. The number of carbonyl (C=O) groups excluding carboxylic acids is 1. The van der Waals surface area contributed by atoms with Crippen molar-refractivity contribution in [1.29, 1.82) is 0 Å². The monoisotopic (exact) mass is 399 g/mol. The third-order valence-corrected chi connectivity index (χ3v) is 5.41. The van der Waals surface area contributed by atoms with Crippen LogP contribution in [-0.4, -0.2) is 45.8 Å². The molecule has 0 aliphatic carbocycles. The van der Waals surface area contributed by atoms with Crippen molar-refractivity contribution in [2.75, 3.05) is 20.2 Å². The van der Waals surface area contributed by atoms with E-state index in [1.165, 1.54) is 5.56 Å². The summed E-state index contributed by atoms with van der Waals surface area (Å²) >= 11 is 0. The Hall–Kier alpha value is -2.41. The number of nitrogens with one attached hydrogen (secondary N) is 1. The lowest BCUT2D eigenvalue weighted by molar-refractivity contribution is -0.119. The third-order valence-electron chi connectivity index (χ3n) is 5.41. The fourth-order valence-electron chi connectivity index (χ4n) is 4.05. The molecule has 1 amide bonds. The van der Waals surface area contributed by atoms with Crippen molar-refractivity contribution >= 4 is 5.91 Å². The van der Waals surface area contributed by atoms with Crippen molar-refractivity contribution < 1.29 is 9.53 Å². The highest BCUT2D eigenvalue weighted by molar-refractivity contribution is 5.73. The van der Waals surface area contributed by atoms with Crippen LogP contribution in [0.5, 0.6) is 5.75 Å². The largest absolute Gasteiger partial charge is 0.496 e. The minimum Gasteiger partial charge on any atom is -0.496 e. The number of methoxy groups -OCH3 is 1. The Morgan fingerprint density at radius 3 is 2.69 bits per heavy atom. The Kier molecular flexibility index (Phi) is 6.90. The van der Waals surface area contributed by atoms with Gasteiger partial charge in [0.05, 0.1) is 13.2 Å². The van der Waals surface area contributed by atoms with Crippen molar-refractivity contribution in [3.05, 3.63) is 41.0 Å². The second kappa shape index (κ2) is 9.39. The van der Waals surface area contributed by atoms with Crippen LogP contribution in [0.25, 0.3) is 0 Å². The summed E-state index contributed by atoms with van der Waals surface area (Å²) in [5.74, 6) is 3.24. The van der Waals surface area contributed by atoms with Gasteiger partial charge in [0.1, 0.15) is 11.6 Å². The van der Waals surface area contributed by atoms with Gasteiger partial charge in [0.25, 0.3) is 0 Å². The van der Waals surface area contributed by atoms with E-state index in [0.717, 1.165) is 62.0 Å². The predicted molar refractivity (Wildman–Crippen MR) is 113 cm³/mol. The van der Waals surface area contributed by atoms with E-state index < -0.39 is 0 Å². The topological polar surface area (TPSA) is 72.3 Å². The van der Waals surface area contributed by atoms with E-state index in [2.05, 4.69) is 57.9 Å². The Labute approximate surface area is 173 Å². The minimum absolute atomic E-state index is 0.0295. The first-order chi connectivity index (χ1) is 13.9. The van der Waals surface area contributed by atoms with Gasteiger partial charge in [0.15, 0.2) is 5.82 Å². The molecule has 0 saturated heterocycles. The van der Waals surface area contributed by atoms with Crippen LogP contribution >= 0.6 is 0 Å². The van der Waals surface area contributed by atoms with Crippen LogP contribution in [0.1, 0.15) is 56.0 Å². The van der Waals surface area contributed by atoms with Crippen LogP contribution in [0, 0.1) is 12.8 Å². The van der Waals surface area contributed by atoms with Crippen molar-refractivity contribution in [2.45, 2.75) is 59.7 Å². The molecule has 29 heavy (non-hydrogen) atoms. The molecule has 0 spiro atoms. The normalized spacial score (nSPS) is 15.7. The average Bonchev–Trinajstić information content (AvgIpc) is 2.95. The highest BCUT2D eigenvalue weighted by atomic mass is 16.5. The molecule has 0 saturated carbocycles. The van der Waals surface area contributed by atoms with Gasteiger partial charge in [-0.15, -0.1) is 10.2 Å². The molecule has 1 N–H and O–H groups in total. The summed E-state index contributed by atoms with van der Waals surface area (Å²) in [5, 5.41) is 12.0. The van der Waals surface area contributed by atoms with Gasteiger partial charge in [-0.05, 0) is 36.5 Å². The molecule has 2 heterocycles. The smallest absolute Gasteiger partial charge is 0.217 e. The predicted octanol–water partition coefficient (Wildman–Crippen LogP) is 2.88. The summed E-state index contributed by atoms with van der Waals surface area (Å²) in [6, 6.07) is 6.28. The summed E-state index contributed by atoms with van der Waals surface area (Å²) in [5.41, 5.74) is 2.45. The van der Waals surface area contributed by atoms with E-state index in [0.29, 0.717) is 5.92 Å². The van der Waals surface area contributed by atoms with Crippen LogP contribution in [0.3, 0.4) is 0 Å². The molecule has 0 fully saturated rings. The molecule has 3 rings (SSSR count). The molecule has 1 aromatic carbocycles. The number of hydrogen-bond acceptors (Lipinski definition) is 5. The lowest BCUT2D eigenvalue weighted by atomic mass is 10.0. The van der Waals surface area contributed by atoms with Gasteiger partial charge in [-0.2, -0.15) is 0 Å². The molecule has 2 aromatic rings. The summed E-state index contributed by atoms with van der Waals surface area (Å²) in [7, 11) is 1.71. The van der Waals surface area contributed by atoms with E-state index in [4.69, 9.17) is 4.74 Å². The molecule has 1 aliphatic rings.